The summed E-state index contributed by atoms with van der Waals surface area (Å²) >= 11 is 0. The van der Waals surface area contributed by atoms with E-state index >= 15 is 0 Å². The fourth-order valence-corrected chi connectivity index (χ4v) is 1.98. The van der Waals surface area contributed by atoms with Crippen molar-refractivity contribution in [1.29, 1.82) is 0 Å². The van der Waals surface area contributed by atoms with E-state index in [-0.39, 0.29) is 23.8 Å². The van der Waals surface area contributed by atoms with E-state index in [0.717, 1.165) is 6.42 Å². The van der Waals surface area contributed by atoms with Crippen LogP contribution in [0, 0.1) is 5.41 Å². The van der Waals surface area contributed by atoms with Crippen LogP contribution in [-0.4, -0.2) is 47.7 Å². The lowest BCUT2D eigenvalue weighted by molar-refractivity contribution is -0.146. The summed E-state index contributed by atoms with van der Waals surface area (Å²) in [5.41, 5.74) is 0.115. The van der Waals surface area contributed by atoms with Gasteiger partial charge in [0.1, 0.15) is 0 Å². The molecule has 1 saturated heterocycles. The molecule has 1 atom stereocenters. The van der Waals surface area contributed by atoms with Gasteiger partial charge in [0.2, 0.25) is 5.91 Å². The number of aliphatic carboxylic acids is 1. The highest BCUT2D eigenvalue weighted by Crippen LogP contribution is 2.22. The minimum Gasteiger partial charge on any atom is -0.481 e. The SMILES string of the molecule is CC(C)(C)CCC(=O)N1CCOCC1CC(=O)O. The van der Waals surface area contributed by atoms with Crippen LogP contribution in [0.1, 0.15) is 40.0 Å². The second-order valence-corrected chi connectivity index (χ2v) is 5.97. The summed E-state index contributed by atoms with van der Waals surface area (Å²) in [4.78, 5) is 24.5. The average Bonchev–Trinajstić information content (AvgIpc) is 2.25. The smallest absolute Gasteiger partial charge is 0.305 e. The van der Waals surface area contributed by atoms with Gasteiger partial charge in [-0.3, -0.25) is 9.59 Å². The summed E-state index contributed by atoms with van der Waals surface area (Å²) in [6.07, 6.45) is 1.24. The third kappa shape index (κ3) is 5.04. The van der Waals surface area contributed by atoms with Gasteiger partial charge in [0, 0.05) is 13.0 Å². The molecule has 1 rings (SSSR count). The molecule has 0 aromatic heterocycles. The lowest BCUT2D eigenvalue weighted by atomic mass is 9.90. The van der Waals surface area contributed by atoms with E-state index < -0.39 is 5.97 Å². The van der Waals surface area contributed by atoms with Crippen LogP contribution in [0.2, 0.25) is 0 Å². The van der Waals surface area contributed by atoms with E-state index in [2.05, 4.69) is 20.8 Å². The van der Waals surface area contributed by atoms with Gasteiger partial charge in [-0.15, -0.1) is 0 Å². The van der Waals surface area contributed by atoms with Gasteiger partial charge < -0.3 is 14.7 Å². The lowest BCUT2D eigenvalue weighted by Crippen LogP contribution is -2.49. The Hall–Kier alpha value is -1.10. The van der Waals surface area contributed by atoms with Gasteiger partial charge in [0.15, 0.2) is 0 Å². The first kappa shape index (κ1) is 15.0. The maximum Gasteiger partial charge on any atom is 0.305 e. The number of morpholine rings is 1. The predicted octanol–water partition coefficient (Wildman–Crippen LogP) is 1.51. The molecule has 0 radical (unpaired) electrons. The fraction of sp³-hybridized carbons (Fsp3) is 0.846. The Kier molecular flexibility index (Phi) is 5.14. The zero-order valence-electron chi connectivity index (χ0n) is 11.4. The summed E-state index contributed by atoms with van der Waals surface area (Å²) in [5, 5.41) is 8.83. The Morgan fingerprint density at radius 1 is 1.39 bits per heavy atom. The third-order valence-electron chi connectivity index (χ3n) is 3.05. The molecule has 1 N–H and O–H groups in total. The second-order valence-electron chi connectivity index (χ2n) is 5.97. The first-order valence-electron chi connectivity index (χ1n) is 6.38. The van der Waals surface area contributed by atoms with Crippen LogP contribution in [0.15, 0.2) is 0 Å². The number of carboxylic acids is 1. The third-order valence-corrected chi connectivity index (χ3v) is 3.05. The molecule has 1 heterocycles. The van der Waals surface area contributed by atoms with Crippen molar-refractivity contribution >= 4 is 11.9 Å². The maximum atomic E-state index is 12.1. The summed E-state index contributed by atoms with van der Waals surface area (Å²) < 4.78 is 5.25. The zero-order chi connectivity index (χ0) is 13.8. The molecule has 0 bridgehead atoms. The number of amides is 1. The monoisotopic (exact) mass is 257 g/mol. The summed E-state index contributed by atoms with van der Waals surface area (Å²) in [7, 11) is 0. The molecule has 5 nitrogen and oxygen atoms in total. The molecule has 1 unspecified atom stereocenters. The molecule has 1 aliphatic rings. The van der Waals surface area contributed by atoms with Crippen LogP contribution in [0.4, 0.5) is 0 Å². The van der Waals surface area contributed by atoms with Gasteiger partial charge in [-0.2, -0.15) is 0 Å². The van der Waals surface area contributed by atoms with Gasteiger partial charge in [0.25, 0.3) is 0 Å². The standard InChI is InChI=1S/C13H23NO4/c1-13(2,3)5-4-11(15)14-6-7-18-9-10(14)8-12(16)17/h10H,4-9H2,1-3H3,(H,16,17). The van der Waals surface area contributed by atoms with Crippen molar-refractivity contribution in [2.24, 2.45) is 5.41 Å². The molecular weight excluding hydrogens is 234 g/mol. The number of hydrogen-bond donors (Lipinski definition) is 1. The van der Waals surface area contributed by atoms with Gasteiger partial charge in [-0.1, -0.05) is 20.8 Å². The number of ether oxygens (including phenoxy) is 1. The number of carbonyl (C=O) groups is 2. The van der Waals surface area contributed by atoms with Crippen molar-refractivity contribution in [2.75, 3.05) is 19.8 Å². The lowest BCUT2D eigenvalue weighted by Gasteiger charge is -2.35. The van der Waals surface area contributed by atoms with Crippen LogP contribution in [0.25, 0.3) is 0 Å². The van der Waals surface area contributed by atoms with E-state index in [0.29, 0.717) is 26.2 Å². The van der Waals surface area contributed by atoms with Crippen LogP contribution >= 0.6 is 0 Å². The second kappa shape index (κ2) is 6.18. The van der Waals surface area contributed by atoms with Crippen molar-refractivity contribution in [1.82, 2.24) is 4.90 Å². The number of rotatable bonds is 4. The van der Waals surface area contributed by atoms with Gasteiger partial charge in [0.05, 0.1) is 25.7 Å². The highest BCUT2D eigenvalue weighted by Gasteiger charge is 2.29. The van der Waals surface area contributed by atoms with Crippen molar-refractivity contribution in [3.63, 3.8) is 0 Å². The Morgan fingerprint density at radius 3 is 2.61 bits per heavy atom. The largest absolute Gasteiger partial charge is 0.481 e. The maximum absolute atomic E-state index is 12.1. The first-order valence-corrected chi connectivity index (χ1v) is 6.38. The quantitative estimate of drug-likeness (QED) is 0.829. The Labute approximate surface area is 108 Å². The fourth-order valence-electron chi connectivity index (χ4n) is 1.98. The van der Waals surface area contributed by atoms with E-state index in [1.165, 1.54) is 0 Å². The van der Waals surface area contributed by atoms with Crippen molar-refractivity contribution in [3.8, 4) is 0 Å². The van der Waals surface area contributed by atoms with Crippen LogP contribution < -0.4 is 0 Å². The number of carbonyl (C=O) groups excluding carboxylic acids is 1. The summed E-state index contributed by atoms with van der Waals surface area (Å²) in [6, 6.07) is -0.316. The zero-order valence-corrected chi connectivity index (χ0v) is 11.4. The van der Waals surface area contributed by atoms with E-state index in [9.17, 15) is 9.59 Å². The summed E-state index contributed by atoms with van der Waals surface area (Å²) in [6.45, 7) is 7.60. The molecule has 1 aliphatic heterocycles. The minimum absolute atomic E-state index is 0.0404. The molecule has 1 amide bonds. The average molecular weight is 257 g/mol. The normalized spacial score (nSPS) is 20.8. The topological polar surface area (TPSA) is 66.8 Å². The highest BCUT2D eigenvalue weighted by molar-refractivity contribution is 5.77. The molecule has 0 saturated carbocycles. The Bertz CT molecular complexity index is 309. The van der Waals surface area contributed by atoms with E-state index in [4.69, 9.17) is 9.84 Å². The molecular formula is C13H23NO4. The van der Waals surface area contributed by atoms with Gasteiger partial charge >= 0.3 is 5.97 Å². The Balaban J connectivity index is 2.54. The molecule has 1 fully saturated rings. The van der Waals surface area contributed by atoms with E-state index in [1.807, 2.05) is 0 Å². The van der Waals surface area contributed by atoms with E-state index in [1.54, 1.807) is 4.90 Å². The molecule has 0 aliphatic carbocycles. The van der Waals surface area contributed by atoms with Crippen molar-refractivity contribution < 1.29 is 19.4 Å². The van der Waals surface area contributed by atoms with Crippen LogP contribution in [-0.2, 0) is 14.3 Å². The number of carboxylic acid groups (broad SMARTS) is 1. The first-order chi connectivity index (χ1) is 8.29. The molecule has 104 valence electrons. The minimum atomic E-state index is -0.890. The molecule has 0 aromatic rings. The predicted molar refractivity (Wildman–Crippen MR) is 67.3 cm³/mol. The Morgan fingerprint density at radius 2 is 2.06 bits per heavy atom. The van der Waals surface area contributed by atoms with Crippen molar-refractivity contribution in [2.45, 2.75) is 46.1 Å². The van der Waals surface area contributed by atoms with Gasteiger partial charge in [-0.25, -0.2) is 0 Å². The van der Waals surface area contributed by atoms with Crippen LogP contribution in [0.3, 0.4) is 0 Å². The summed E-state index contributed by atoms with van der Waals surface area (Å²) in [5.74, 6) is -0.849. The number of hydrogen-bond acceptors (Lipinski definition) is 3. The van der Waals surface area contributed by atoms with Crippen LogP contribution in [0.5, 0.6) is 0 Å². The molecule has 5 heteroatoms. The van der Waals surface area contributed by atoms with Crippen molar-refractivity contribution in [3.05, 3.63) is 0 Å². The molecule has 0 aromatic carbocycles. The number of nitrogens with zero attached hydrogens (tertiary/aromatic N) is 1. The molecule has 0 spiro atoms. The molecule has 18 heavy (non-hydrogen) atoms. The van der Waals surface area contributed by atoms with Gasteiger partial charge in [-0.05, 0) is 11.8 Å². The highest BCUT2D eigenvalue weighted by atomic mass is 16.5.